The second-order valence-corrected chi connectivity index (χ2v) is 2.81. The fourth-order valence-electron chi connectivity index (χ4n) is 0.486. The maximum Gasteiger partial charge on any atom is 0.156 e. The summed E-state index contributed by atoms with van der Waals surface area (Å²) in [6.07, 6.45) is 0. The van der Waals surface area contributed by atoms with Gasteiger partial charge in [-0.1, -0.05) is 6.58 Å². The summed E-state index contributed by atoms with van der Waals surface area (Å²) in [6, 6.07) is 0.370. The molecule has 0 aliphatic heterocycles. The Labute approximate surface area is 67.8 Å². The van der Waals surface area contributed by atoms with Gasteiger partial charge < -0.3 is 0 Å². The Hall–Kier alpha value is -0.670. The van der Waals surface area contributed by atoms with Crippen LogP contribution in [0.4, 0.5) is 0 Å². The van der Waals surface area contributed by atoms with Gasteiger partial charge in [-0.25, -0.2) is 0 Å². The predicted octanol–water partition coefficient (Wildman–Crippen LogP) is 0.634. The first kappa shape index (κ1) is 10.3. The zero-order chi connectivity index (χ0) is 8.85. The number of hydrogen-bond donors (Lipinski definition) is 2. The van der Waals surface area contributed by atoms with E-state index in [4.69, 9.17) is 0 Å². The van der Waals surface area contributed by atoms with Gasteiger partial charge in [-0.3, -0.25) is 15.6 Å². The molecule has 0 heterocycles. The monoisotopic (exact) mass is 156 g/mol. The molecule has 11 heavy (non-hydrogen) atoms. The van der Waals surface area contributed by atoms with Gasteiger partial charge in [-0.2, -0.15) is 0 Å². The number of carbonyl (C=O) groups excluding carboxylic acids is 1. The van der Waals surface area contributed by atoms with Gasteiger partial charge >= 0.3 is 0 Å². The van der Waals surface area contributed by atoms with Crippen molar-refractivity contribution in [3.05, 3.63) is 12.2 Å². The van der Waals surface area contributed by atoms with Crippen molar-refractivity contribution in [1.29, 1.82) is 0 Å². The lowest BCUT2D eigenvalue weighted by molar-refractivity contribution is -0.113. The summed E-state index contributed by atoms with van der Waals surface area (Å²) < 4.78 is 0. The molecule has 0 atom stereocenters. The minimum Gasteiger partial charge on any atom is -0.295 e. The molecule has 64 valence electrons. The molecule has 3 heteroatoms. The average molecular weight is 156 g/mol. The molecular weight excluding hydrogens is 140 g/mol. The second kappa shape index (κ2) is 5.04. The highest BCUT2D eigenvalue weighted by molar-refractivity contribution is 5.92. The molecule has 0 fully saturated rings. The summed E-state index contributed by atoms with van der Waals surface area (Å²) >= 11 is 0. The summed E-state index contributed by atoms with van der Waals surface area (Å²) in [5.74, 6) is 0.0306. The topological polar surface area (TPSA) is 41.1 Å². The lowest BCUT2D eigenvalue weighted by Crippen LogP contribution is -2.38. The summed E-state index contributed by atoms with van der Waals surface area (Å²) in [7, 11) is 0. The van der Waals surface area contributed by atoms with E-state index in [1.807, 2.05) is 13.8 Å². The van der Waals surface area contributed by atoms with E-state index in [9.17, 15) is 4.79 Å². The first-order valence-corrected chi connectivity index (χ1v) is 3.71. The highest BCUT2D eigenvalue weighted by atomic mass is 16.1. The molecule has 0 spiro atoms. The number of Topliss-reactive ketones (excluding diaryl/α,β-unsaturated/α-hetero) is 1. The standard InChI is InChI=1S/C8H16N2O/c1-6(2)10-9-5-7(3)8(4)11/h6,9-10H,3,5H2,1-2,4H3. The van der Waals surface area contributed by atoms with Gasteiger partial charge in [0.2, 0.25) is 0 Å². The quantitative estimate of drug-likeness (QED) is 0.453. The number of ketones is 1. The third-order valence-corrected chi connectivity index (χ3v) is 1.19. The number of hydrogen-bond acceptors (Lipinski definition) is 3. The molecule has 3 nitrogen and oxygen atoms in total. The zero-order valence-corrected chi connectivity index (χ0v) is 7.40. The van der Waals surface area contributed by atoms with Gasteiger partial charge in [0.25, 0.3) is 0 Å². The number of nitrogens with one attached hydrogen (secondary N) is 2. The van der Waals surface area contributed by atoms with Crippen LogP contribution in [-0.4, -0.2) is 18.4 Å². The first-order chi connectivity index (χ1) is 5.04. The van der Waals surface area contributed by atoms with E-state index in [2.05, 4.69) is 17.4 Å². The molecule has 0 saturated carbocycles. The summed E-state index contributed by atoms with van der Waals surface area (Å²) in [5, 5.41) is 0. The molecule has 2 N–H and O–H groups in total. The van der Waals surface area contributed by atoms with E-state index in [0.29, 0.717) is 18.2 Å². The molecule has 0 aromatic carbocycles. The van der Waals surface area contributed by atoms with Gasteiger partial charge in [0, 0.05) is 18.2 Å². The maximum atomic E-state index is 10.7. The third kappa shape index (κ3) is 5.76. The van der Waals surface area contributed by atoms with E-state index in [0.717, 1.165) is 0 Å². The Kier molecular flexibility index (Phi) is 4.74. The molecule has 0 rings (SSSR count). The number of hydrazine groups is 1. The predicted molar refractivity (Wildman–Crippen MR) is 46.1 cm³/mol. The molecule has 0 aliphatic rings. The number of carbonyl (C=O) groups is 1. The normalized spacial score (nSPS) is 10.2. The lowest BCUT2D eigenvalue weighted by atomic mass is 10.2. The van der Waals surface area contributed by atoms with Gasteiger partial charge in [0.1, 0.15) is 0 Å². The maximum absolute atomic E-state index is 10.7. The van der Waals surface area contributed by atoms with Gasteiger partial charge in [0.15, 0.2) is 5.78 Å². The van der Waals surface area contributed by atoms with Crippen LogP contribution in [0, 0.1) is 0 Å². The van der Waals surface area contributed by atoms with E-state index in [-0.39, 0.29) is 5.78 Å². The Morgan fingerprint density at radius 3 is 2.45 bits per heavy atom. The minimum absolute atomic E-state index is 0.0306. The molecule has 0 aliphatic carbocycles. The van der Waals surface area contributed by atoms with Crippen molar-refractivity contribution >= 4 is 5.78 Å². The highest BCUT2D eigenvalue weighted by Crippen LogP contribution is 1.87. The number of rotatable bonds is 5. The molecule has 0 radical (unpaired) electrons. The Bertz CT molecular complexity index is 152. The van der Waals surface area contributed by atoms with E-state index in [1.165, 1.54) is 6.92 Å². The van der Waals surface area contributed by atoms with Crippen LogP contribution < -0.4 is 10.9 Å². The van der Waals surface area contributed by atoms with E-state index in [1.54, 1.807) is 0 Å². The highest BCUT2D eigenvalue weighted by Gasteiger charge is 1.98. The van der Waals surface area contributed by atoms with Crippen molar-refractivity contribution in [1.82, 2.24) is 10.9 Å². The summed E-state index contributed by atoms with van der Waals surface area (Å²) in [5.41, 5.74) is 6.46. The Balaban J connectivity index is 3.40. The van der Waals surface area contributed by atoms with Crippen LogP contribution in [0.3, 0.4) is 0 Å². The van der Waals surface area contributed by atoms with Crippen LogP contribution in [0.5, 0.6) is 0 Å². The SMILES string of the molecule is C=C(CNNC(C)C)C(C)=O. The second-order valence-electron chi connectivity index (χ2n) is 2.81. The molecule has 0 aromatic heterocycles. The van der Waals surface area contributed by atoms with Gasteiger partial charge in [-0.05, 0) is 20.8 Å². The smallest absolute Gasteiger partial charge is 0.156 e. The summed E-state index contributed by atoms with van der Waals surface area (Å²) in [4.78, 5) is 10.7. The summed E-state index contributed by atoms with van der Waals surface area (Å²) in [6.45, 7) is 9.65. The van der Waals surface area contributed by atoms with Crippen LogP contribution in [0.1, 0.15) is 20.8 Å². The molecule has 0 aromatic rings. The largest absolute Gasteiger partial charge is 0.295 e. The van der Waals surface area contributed by atoms with Crippen LogP contribution in [-0.2, 0) is 4.79 Å². The molecular formula is C8H16N2O. The van der Waals surface area contributed by atoms with Gasteiger partial charge in [-0.15, -0.1) is 0 Å². The molecule has 0 saturated heterocycles. The van der Waals surface area contributed by atoms with E-state index >= 15 is 0 Å². The van der Waals surface area contributed by atoms with Crippen LogP contribution in [0.2, 0.25) is 0 Å². The molecule has 0 amide bonds. The van der Waals surface area contributed by atoms with Crippen molar-refractivity contribution in [3.8, 4) is 0 Å². The van der Waals surface area contributed by atoms with Crippen molar-refractivity contribution in [2.24, 2.45) is 0 Å². The van der Waals surface area contributed by atoms with Gasteiger partial charge in [0.05, 0.1) is 0 Å². The van der Waals surface area contributed by atoms with E-state index < -0.39 is 0 Å². The minimum atomic E-state index is 0.0306. The van der Waals surface area contributed by atoms with Crippen molar-refractivity contribution < 1.29 is 4.79 Å². The van der Waals surface area contributed by atoms with Crippen molar-refractivity contribution in [3.63, 3.8) is 0 Å². The van der Waals surface area contributed by atoms with Crippen LogP contribution >= 0.6 is 0 Å². The average Bonchev–Trinajstić information content (AvgIpc) is 1.86. The van der Waals surface area contributed by atoms with Crippen LogP contribution in [0.25, 0.3) is 0 Å². The van der Waals surface area contributed by atoms with Crippen molar-refractivity contribution in [2.45, 2.75) is 26.8 Å². The third-order valence-electron chi connectivity index (χ3n) is 1.19. The fourth-order valence-corrected chi connectivity index (χ4v) is 0.486. The fraction of sp³-hybridized carbons (Fsp3) is 0.625. The zero-order valence-electron chi connectivity index (χ0n) is 7.40. The lowest BCUT2D eigenvalue weighted by Gasteiger charge is -2.09. The van der Waals surface area contributed by atoms with Crippen molar-refractivity contribution in [2.75, 3.05) is 6.54 Å². The Morgan fingerprint density at radius 2 is 2.09 bits per heavy atom. The molecule has 0 bridgehead atoms. The Morgan fingerprint density at radius 1 is 1.55 bits per heavy atom. The molecule has 0 unspecified atom stereocenters. The first-order valence-electron chi connectivity index (χ1n) is 3.71. The van der Waals surface area contributed by atoms with Crippen LogP contribution in [0.15, 0.2) is 12.2 Å².